The van der Waals surface area contributed by atoms with Gasteiger partial charge in [0.05, 0.1) is 12.1 Å². The van der Waals surface area contributed by atoms with E-state index in [1.807, 2.05) is 31.2 Å². The maximum atomic E-state index is 12.5. The first-order chi connectivity index (χ1) is 12.1. The van der Waals surface area contributed by atoms with E-state index in [1.54, 1.807) is 18.1 Å². The third kappa shape index (κ3) is 3.99. The number of nitrogens with zero attached hydrogens (tertiary/aromatic N) is 2. The van der Waals surface area contributed by atoms with Crippen LogP contribution in [0.15, 0.2) is 34.9 Å². The lowest BCUT2D eigenvalue weighted by Gasteiger charge is -2.31. The van der Waals surface area contributed by atoms with Crippen LogP contribution < -0.4 is 10.6 Å². The number of piperidine rings is 1. The summed E-state index contributed by atoms with van der Waals surface area (Å²) < 4.78 is 5.52. The maximum Gasteiger partial charge on any atom is 0.321 e. The molecule has 2 aromatic rings. The lowest BCUT2D eigenvalue weighted by Crippen LogP contribution is -2.46. The molecule has 1 aromatic heterocycles. The Morgan fingerprint density at radius 3 is 2.92 bits per heavy atom. The molecular weight excluding hydrogens is 320 g/mol. The molecule has 1 aromatic carbocycles. The standard InChI is InChI=1S/C18H22N4O3/c1-12-10-20-17(25-12)13-5-3-7-15(9-13)21-18(24)22-8-4-6-14(11-22)16(23)19-2/h3,5,7,9-10,14H,4,6,8,11H2,1-2H3,(H,19,23)(H,21,24)/t14-/m1/s1. The van der Waals surface area contributed by atoms with E-state index in [0.717, 1.165) is 24.2 Å². The quantitative estimate of drug-likeness (QED) is 0.897. The summed E-state index contributed by atoms with van der Waals surface area (Å²) in [6, 6.07) is 7.16. The van der Waals surface area contributed by atoms with Crippen molar-refractivity contribution in [1.82, 2.24) is 15.2 Å². The molecule has 1 fully saturated rings. The van der Waals surface area contributed by atoms with Crippen LogP contribution in [-0.4, -0.2) is 42.0 Å². The van der Waals surface area contributed by atoms with Gasteiger partial charge in [0, 0.05) is 31.4 Å². The van der Waals surface area contributed by atoms with Gasteiger partial charge in [0.2, 0.25) is 11.8 Å². The van der Waals surface area contributed by atoms with E-state index in [0.29, 0.717) is 24.7 Å². The number of benzene rings is 1. The van der Waals surface area contributed by atoms with Gasteiger partial charge in [-0.1, -0.05) is 6.07 Å². The van der Waals surface area contributed by atoms with Crippen LogP contribution >= 0.6 is 0 Å². The van der Waals surface area contributed by atoms with E-state index in [9.17, 15) is 9.59 Å². The van der Waals surface area contributed by atoms with Gasteiger partial charge in [-0.05, 0) is 38.0 Å². The molecule has 1 atom stereocenters. The van der Waals surface area contributed by atoms with Gasteiger partial charge in [0.1, 0.15) is 5.76 Å². The molecular formula is C18H22N4O3. The zero-order valence-corrected chi connectivity index (χ0v) is 14.4. The molecule has 2 N–H and O–H groups in total. The molecule has 3 rings (SSSR count). The molecule has 0 unspecified atom stereocenters. The number of rotatable bonds is 3. The van der Waals surface area contributed by atoms with Gasteiger partial charge >= 0.3 is 6.03 Å². The molecule has 0 radical (unpaired) electrons. The van der Waals surface area contributed by atoms with E-state index in [-0.39, 0.29) is 17.9 Å². The van der Waals surface area contributed by atoms with Gasteiger partial charge in [-0.15, -0.1) is 0 Å². The highest BCUT2D eigenvalue weighted by Crippen LogP contribution is 2.23. The summed E-state index contributed by atoms with van der Waals surface area (Å²) in [7, 11) is 1.62. The summed E-state index contributed by atoms with van der Waals surface area (Å²) in [6.07, 6.45) is 3.29. The number of urea groups is 1. The zero-order valence-electron chi connectivity index (χ0n) is 14.4. The number of aryl methyl sites for hydroxylation is 1. The molecule has 7 nitrogen and oxygen atoms in total. The number of amides is 3. The maximum absolute atomic E-state index is 12.5. The number of carbonyl (C=O) groups is 2. The fourth-order valence-electron chi connectivity index (χ4n) is 3.00. The monoisotopic (exact) mass is 342 g/mol. The Bertz CT molecular complexity index is 771. The van der Waals surface area contributed by atoms with Gasteiger partial charge < -0.3 is 20.0 Å². The summed E-state index contributed by atoms with van der Waals surface area (Å²) in [6.45, 7) is 2.92. The van der Waals surface area contributed by atoms with Crippen LogP contribution in [0.25, 0.3) is 11.5 Å². The molecule has 2 heterocycles. The highest BCUT2D eigenvalue weighted by Gasteiger charge is 2.27. The smallest absolute Gasteiger partial charge is 0.321 e. The van der Waals surface area contributed by atoms with Crippen molar-refractivity contribution in [3.63, 3.8) is 0 Å². The molecule has 25 heavy (non-hydrogen) atoms. The number of hydrogen-bond donors (Lipinski definition) is 2. The lowest BCUT2D eigenvalue weighted by molar-refractivity contribution is -0.125. The fourth-order valence-corrected chi connectivity index (χ4v) is 3.00. The molecule has 3 amide bonds. The largest absolute Gasteiger partial charge is 0.441 e. The number of nitrogens with one attached hydrogen (secondary N) is 2. The van der Waals surface area contributed by atoms with Crippen molar-refractivity contribution in [2.24, 2.45) is 5.92 Å². The summed E-state index contributed by atoms with van der Waals surface area (Å²) in [5.41, 5.74) is 1.47. The first-order valence-electron chi connectivity index (χ1n) is 8.37. The van der Waals surface area contributed by atoms with Crippen LogP contribution in [0.2, 0.25) is 0 Å². The Labute approximate surface area is 146 Å². The zero-order chi connectivity index (χ0) is 17.8. The van der Waals surface area contributed by atoms with Crippen molar-refractivity contribution in [3.05, 3.63) is 36.2 Å². The van der Waals surface area contributed by atoms with Crippen LogP contribution in [0.1, 0.15) is 18.6 Å². The van der Waals surface area contributed by atoms with Crippen molar-refractivity contribution < 1.29 is 14.0 Å². The predicted octanol–water partition coefficient (Wildman–Crippen LogP) is 2.64. The van der Waals surface area contributed by atoms with Crippen LogP contribution in [-0.2, 0) is 4.79 Å². The SMILES string of the molecule is CNC(=O)[C@@H]1CCCN(C(=O)Nc2cccc(-c3ncc(C)o3)c2)C1. The van der Waals surface area contributed by atoms with Crippen molar-refractivity contribution in [3.8, 4) is 11.5 Å². The molecule has 0 spiro atoms. The van der Waals surface area contributed by atoms with E-state index in [2.05, 4.69) is 15.6 Å². The Morgan fingerprint density at radius 1 is 1.36 bits per heavy atom. The third-order valence-corrected chi connectivity index (χ3v) is 4.31. The Balaban J connectivity index is 1.67. The van der Waals surface area contributed by atoms with Crippen LogP contribution in [0.3, 0.4) is 0 Å². The number of carbonyl (C=O) groups excluding carboxylic acids is 2. The number of likely N-dealkylation sites (tertiary alicyclic amines) is 1. The fraction of sp³-hybridized carbons (Fsp3) is 0.389. The molecule has 1 aliphatic rings. The van der Waals surface area contributed by atoms with Crippen molar-refractivity contribution >= 4 is 17.6 Å². The number of oxazole rings is 1. The molecule has 1 saturated heterocycles. The number of aromatic nitrogens is 1. The van der Waals surface area contributed by atoms with Crippen LogP contribution in [0.4, 0.5) is 10.5 Å². The minimum absolute atomic E-state index is 0.0150. The van der Waals surface area contributed by atoms with E-state index >= 15 is 0 Å². The molecule has 7 heteroatoms. The minimum atomic E-state index is -0.200. The van der Waals surface area contributed by atoms with Crippen LogP contribution in [0, 0.1) is 12.8 Å². The normalized spacial score (nSPS) is 17.2. The van der Waals surface area contributed by atoms with E-state index in [4.69, 9.17) is 4.42 Å². The van der Waals surface area contributed by atoms with E-state index < -0.39 is 0 Å². The highest BCUT2D eigenvalue weighted by molar-refractivity contribution is 5.90. The first kappa shape index (κ1) is 17.0. The second-order valence-electron chi connectivity index (χ2n) is 6.19. The first-order valence-corrected chi connectivity index (χ1v) is 8.37. The third-order valence-electron chi connectivity index (χ3n) is 4.31. The summed E-state index contributed by atoms with van der Waals surface area (Å²) in [5, 5.41) is 5.55. The van der Waals surface area contributed by atoms with Crippen molar-refractivity contribution in [2.45, 2.75) is 19.8 Å². The molecule has 0 aliphatic carbocycles. The lowest BCUT2D eigenvalue weighted by atomic mass is 9.97. The van der Waals surface area contributed by atoms with Gasteiger partial charge in [0.15, 0.2) is 0 Å². The van der Waals surface area contributed by atoms with Crippen molar-refractivity contribution in [2.75, 3.05) is 25.5 Å². The van der Waals surface area contributed by atoms with Gasteiger partial charge in [-0.3, -0.25) is 4.79 Å². The Morgan fingerprint density at radius 2 is 2.20 bits per heavy atom. The topological polar surface area (TPSA) is 87.5 Å². The molecule has 1 aliphatic heterocycles. The average Bonchev–Trinajstić information content (AvgIpc) is 3.08. The Kier molecular flexibility index (Phi) is 5.02. The van der Waals surface area contributed by atoms with Gasteiger partial charge in [0.25, 0.3) is 0 Å². The summed E-state index contributed by atoms with van der Waals surface area (Å²) in [5.74, 6) is 1.09. The molecule has 0 bridgehead atoms. The number of hydrogen-bond acceptors (Lipinski definition) is 4. The highest BCUT2D eigenvalue weighted by atomic mass is 16.4. The summed E-state index contributed by atoms with van der Waals surface area (Å²) >= 11 is 0. The second-order valence-corrected chi connectivity index (χ2v) is 6.19. The van der Waals surface area contributed by atoms with Gasteiger partial charge in [-0.25, -0.2) is 9.78 Å². The molecule has 0 saturated carbocycles. The molecule has 132 valence electrons. The van der Waals surface area contributed by atoms with Crippen LogP contribution in [0.5, 0.6) is 0 Å². The predicted molar refractivity (Wildman–Crippen MR) is 94.1 cm³/mol. The van der Waals surface area contributed by atoms with Gasteiger partial charge in [-0.2, -0.15) is 0 Å². The number of anilines is 1. The van der Waals surface area contributed by atoms with Crippen molar-refractivity contribution in [1.29, 1.82) is 0 Å². The second kappa shape index (κ2) is 7.38. The average molecular weight is 342 g/mol. The Hall–Kier alpha value is -2.83. The van der Waals surface area contributed by atoms with E-state index in [1.165, 1.54) is 0 Å². The summed E-state index contributed by atoms with van der Waals surface area (Å²) in [4.78, 5) is 30.2. The minimum Gasteiger partial charge on any atom is -0.441 e.